The Morgan fingerprint density at radius 2 is 2.17 bits per heavy atom. The normalized spacial score (nSPS) is 19.9. The van der Waals surface area contributed by atoms with Crippen LogP contribution in [0.4, 0.5) is 0 Å². The minimum atomic E-state index is -0.0434. The highest BCUT2D eigenvalue weighted by molar-refractivity contribution is 5.94. The van der Waals surface area contributed by atoms with E-state index in [2.05, 4.69) is 0 Å². The van der Waals surface area contributed by atoms with Crippen molar-refractivity contribution in [3.8, 4) is 0 Å². The maximum Gasteiger partial charge on any atom is 0.254 e. The number of amides is 1. The number of hydrogen-bond acceptors (Lipinski definition) is 3. The molecular formula is C14H19NO3. The van der Waals surface area contributed by atoms with E-state index in [4.69, 9.17) is 9.84 Å². The fourth-order valence-corrected chi connectivity index (χ4v) is 2.10. The van der Waals surface area contributed by atoms with Crippen LogP contribution in [0.25, 0.3) is 0 Å². The summed E-state index contributed by atoms with van der Waals surface area (Å²) in [7, 11) is 0. The first kappa shape index (κ1) is 13.1. The third-order valence-electron chi connectivity index (χ3n) is 3.18. The molecule has 4 nitrogen and oxygen atoms in total. The Balaban J connectivity index is 2.02. The predicted octanol–water partition coefficient (Wildman–Crippen LogP) is 1.22. The Morgan fingerprint density at radius 3 is 2.83 bits per heavy atom. The van der Waals surface area contributed by atoms with E-state index in [1.165, 1.54) is 0 Å². The third kappa shape index (κ3) is 3.09. The first-order chi connectivity index (χ1) is 8.70. The van der Waals surface area contributed by atoms with Crippen molar-refractivity contribution in [1.82, 2.24) is 4.90 Å². The van der Waals surface area contributed by atoms with Crippen molar-refractivity contribution in [2.75, 3.05) is 26.3 Å². The van der Waals surface area contributed by atoms with Crippen LogP contribution in [0.1, 0.15) is 22.3 Å². The number of morpholine rings is 1. The lowest BCUT2D eigenvalue weighted by Crippen LogP contribution is -2.45. The molecule has 2 rings (SSSR count). The maximum atomic E-state index is 12.3. The van der Waals surface area contributed by atoms with E-state index in [1.807, 2.05) is 31.2 Å². The summed E-state index contributed by atoms with van der Waals surface area (Å²) in [6.45, 7) is 3.82. The molecule has 1 amide bonds. The topological polar surface area (TPSA) is 49.8 Å². The van der Waals surface area contributed by atoms with E-state index >= 15 is 0 Å². The Labute approximate surface area is 107 Å². The zero-order chi connectivity index (χ0) is 13.0. The largest absolute Gasteiger partial charge is 0.396 e. The second kappa shape index (κ2) is 5.98. The van der Waals surface area contributed by atoms with Gasteiger partial charge in [-0.25, -0.2) is 0 Å². The van der Waals surface area contributed by atoms with Crippen molar-refractivity contribution < 1.29 is 14.6 Å². The smallest absolute Gasteiger partial charge is 0.254 e. The molecule has 4 heteroatoms. The fraction of sp³-hybridized carbons (Fsp3) is 0.500. The zero-order valence-electron chi connectivity index (χ0n) is 10.6. The van der Waals surface area contributed by atoms with Gasteiger partial charge in [0.2, 0.25) is 0 Å². The second-order valence-electron chi connectivity index (χ2n) is 4.62. The van der Waals surface area contributed by atoms with Crippen molar-refractivity contribution in [3.05, 3.63) is 35.4 Å². The molecule has 1 N–H and O–H groups in total. The van der Waals surface area contributed by atoms with E-state index < -0.39 is 0 Å². The van der Waals surface area contributed by atoms with Crippen molar-refractivity contribution in [2.24, 2.45) is 0 Å². The van der Waals surface area contributed by atoms with Crippen molar-refractivity contribution in [3.63, 3.8) is 0 Å². The van der Waals surface area contributed by atoms with Crippen LogP contribution in [-0.2, 0) is 4.74 Å². The third-order valence-corrected chi connectivity index (χ3v) is 3.18. The monoisotopic (exact) mass is 249 g/mol. The van der Waals surface area contributed by atoms with E-state index in [-0.39, 0.29) is 18.6 Å². The molecule has 18 heavy (non-hydrogen) atoms. The number of aliphatic hydroxyl groups is 1. The number of aryl methyl sites for hydroxylation is 1. The van der Waals surface area contributed by atoms with Gasteiger partial charge in [-0.15, -0.1) is 0 Å². The quantitative estimate of drug-likeness (QED) is 0.876. The van der Waals surface area contributed by atoms with Gasteiger partial charge in [-0.2, -0.15) is 0 Å². The van der Waals surface area contributed by atoms with Gasteiger partial charge in [0.05, 0.1) is 12.7 Å². The number of ether oxygens (including phenoxy) is 1. The van der Waals surface area contributed by atoms with Crippen LogP contribution >= 0.6 is 0 Å². The van der Waals surface area contributed by atoms with E-state index in [9.17, 15) is 4.79 Å². The molecule has 1 heterocycles. The van der Waals surface area contributed by atoms with Gasteiger partial charge in [0, 0.05) is 25.3 Å². The highest BCUT2D eigenvalue weighted by Crippen LogP contribution is 2.13. The van der Waals surface area contributed by atoms with Crippen molar-refractivity contribution in [2.45, 2.75) is 19.4 Å². The van der Waals surface area contributed by atoms with E-state index in [0.29, 0.717) is 31.7 Å². The Hall–Kier alpha value is -1.39. The minimum absolute atomic E-state index is 0.0428. The molecule has 98 valence electrons. The lowest BCUT2D eigenvalue weighted by Gasteiger charge is -2.32. The van der Waals surface area contributed by atoms with Crippen molar-refractivity contribution >= 4 is 5.91 Å². The number of rotatable bonds is 3. The first-order valence-electron chi connectivity index (χ1n) is 6.29. The summed E-state index contributed by atoms with van der Waals surface area (Å²) in [6, 6.07) is 7.60. The molecule has 1 saturated heterocycles. The van der Waals surface area contributed by atoms with Gasteiger partial charge in [0.25, 0.3) is 5.91 Å². The first-order valence-corrected chi connectivity index (χ1v) is 6.29. The van der Waals surface area contributed by atoms with Gasteiger partial charge >= 0.3 is 0 Å². The molecule has 1 aliphatic heterocycles. The number of hydrogen-bond donors (Lipinski definition) is 1. The molecule has 0 aromatic heterocycles. The minimum Gasteiger partial charge on any atom is -0.396 e. The van der Waals surface area contributed by atoms with Crippen LogP contribution in [-0.4, -0.2) is 48.3 Å². The fourth-order valence-electron chi connectivity index (χ4n) is 2.10. The maximum absolute atomic E-state index is 12.3. The zero-order valence-corrected chi connectivity index (χ0v) is 10.6. The SMILES string of the molecule is Cc1ccc(C(=O)N2CCOC(CCO)C2)cc1. The average molecular weight is 249 g/mol. The molecule has 1 fully saturated rings. The van der Waals surface area contributed by atoms with Crippen molar-refractivity contribution in [1.29, 1.82) is 0 Å². The molecular weight excluding hydrogens is 230 g/mol. The molecule has 1 atom stereocenters. The standard InChI is InChI=1S/C14H19NO3/c1-11-2-4-12(5-3-11)14(17)15-7-9-18-13(10-15)6-8-16/h2-5,13,16H,6-10H2,1H3. The Morgan fingerprint density at radius 1 is 1.44 bits per heavy atom. The summed E-state index contributed by atoms with van der Waals surface area (Å²) in [6.07, 6.45) is 0.538. The molecule has 1 aliphatic rings. The Bertz CT molecular complexity index is 400. The molecule has 0 radical (unpaired) electrons. The lowest BCUT2D eigenvalue weighted by atomic mass is 10.1. The molecule has 1 unspecified atom stereocenters. The highest BCUT2D eigenvalue weighted by Gasteiger charge is 2.24. The summed E-state index contributed by atoms with van der Waals surface area (Å²) in [5, 5.41) is 8.91. The Kier molecular flexibility index (Phi) is 4.33. The van der Waals surface area contributed by atoms with Crippen LogP contribution in [0.3, 0.4) is 0 Å². The average Bonchev–Trinajstić information content (AvgIpc) is 2.39. The molecule has 0 saturated carbocycles. The predicted molar refractivity (Wildman–Crippen MR) is 68.5 cm³/mol. The van der Waals surface area contributed by atoms with Crippen LogP contribution in [0, 0.1) is 6.92 Å². The van der Waals surface area contributed by atoms with Gasteiger partial charge in [0.15, 0.2) is 0 Å². The summed E-state index contributed by atoms with van der Waals surface area (Å²) < 4.78 is 5.50. The summed E-state index contributed by atoms with van der Waals surface area (Å²) in [4.78, 5) is 14.1. The molecule has 0 bridgehead atoms. The van der Waals surface area contributed by atoms with Crippen LogP contribution < -0.4 is 0 Å². The van der Waals surface area contributed by atoms with Gasteiger partial charge in [0.1, 0.15) is 0 Å². The van der Waals surface area contributed by atoms with Gasteiger partial charge in [-0.3, -0.25) is 4.79 Å². The summed E-state index contributed by atoms with van der Waals surface area (Å²) >= 11 is 0. The summed E-state index contributed by atoms with van der Waals surface area (Å²) in [5.41, 5.74) is 1.86. The number of nitrogens with zero attached hydrogens (tertiary/aromatic N) is 1. The van der Waals surface area contributed by atoms with Crippen LogP contribution in [0.5, 0.6) is 0 Å². The molecule has 0 spiro atoms. The van der Waals surface area contributed by atoms with Crippen LogP contribution in [0.2, 0.25) is 0 Å². The molecule has 0 aliphatic carbocycles. The van der Waals surface area contributed by atoms with Gasteiger partial charge in [-0.05, 0) is 25.5 Å². The van der Waals surface area contributed by atoms with E-state index in [1.54, 1.807) is 4.90 Å². The molecule has 1 aromatic rings. The van der Waals surface area contributed by atoms with Gasteiger partial charge in [-0.1, -0.05) is 17.7 Å². The second-order valence-corrected chi connectivity index (χ2v) is 4.62. The lowest BCUT2D eigenvalue weighted by molar-refractivity contribution is -0.0307. The summed E-state index contributed by atoms with van der Waals surface area (Å²) in [5.74, 6) is 0.0428. The number of carbonyl (C=O) groups excluding carboxylic acids is 1. The van der Waals surface area contributed by atoms with Gasteiger partial charge < -0.3 is 14.7 Å². The highest BCUT2D eigenvalue weighted by atomic mass is 16.5. The number of benzene rings is 1. The molecule has 1 aromatic carbocycles. The van der Waals surface area contributed by atoms with E-state index in [0.717, 1.165) is 5.56 Å². The number of carbonyl (C=O) groups is 1. The van der Waals surface area contributed by atoms with Crippen LogP contribution in [0.15, 0.2) is 24.3 Å². The number of aliphatic hydroxyl groups excluding tert-OH is 1.